The molecule has 3 aliphatic rings. The number of rotatable bonds is 3. The summed E-state index contributed by atoms with van der Waals surface area (Å²) in [6.45, 7) is 31.1. The molecular formula is C62H65BN2S. The fraction of sp³-hybridized carbons (Fsp3) is 0.323. The highest BCUT2D eigenvalue weighted by Crippen LogP contribution is 2.51. The molecule has 4 heteroatoms. The molecule has 0 fully saturated rings. The first-order valence-electron chi connectivity index (χ1n) is 24.3. The SMILES string of the molecule is CC(C)(C)c1ccc2c(c1)B1c3ccc(C(C)(C)C)cc3N(c3ccc4c(c3)C(C)(C)CCC4(C)C)c3cc(C(C)(C)C)cc(c31)N2c1ccc(-c2cccc3sc4ccccc4c23)cc1. The number of hydrogen-bond acceptors (Lipinski definition) is 3. The number of thiophene rings is 1. The van der Waals surface area contributed by atoms with Crippen molar-refractivity contribution in [3.63, 3.8) is 0 Å². The van der Waals surface area contributed by atoms with Gasteiger partial charge in [-0.3, -0.25) is 0 Å². The van der Waals surface area contributed by atoms with E-state index in [1.54, 1.807) is 0 Å². The molecule has 0 amide bonds. The Morgan fingerprint density at radius 2 is 1.05 bits per heavy atom. The van der Waals surface area contributed by atoms with Gasteiger partial charge in [-0.15, -0.1) is 11.3 Å². The highest BCUT2D eigenvalue weighted by Gasteiger charge is 2.46. The molecule has 1 aromatic heterocycles. The summed E-state index contributed by atoms with van der Waals surface area (Å²) in [6.07, 6.45) is 2.38. The lowest BCUT2D eigenvalue weighted by molar-refractivity contribution is 0.332. The maximum absolute atomic E-state index is 2.67. The Balaban J connectivity index is 1.19. The lowest BCUT2D eigenvalue weighted by atomic mass is 9.33. The second-order valence-corrected chi connectivity index (χ2v) is 25.2. The Bertz CT molecular complexity index is 3270. The second-order valence-electron chi connectivity index (χ2n) is 24.2. The molecule has 2 nitrogen and oxygen atoms in total. The summed E-state index contributed by atoms with van der Waals surface area (Å²) in [6, 6.07) is 52.5. The second kappa shape index (κ2) is 14.5. The average molecular weight is 881 g/mol. The summed E-state index contributed by atoms with van der Waals surface area (Å²) in [4.78, 5) is 5.26. The van der Waals surface area contributed by atoms with E-state index in [4.69, 9.17) is 0 Å². The number of anilines is 6. The first kappa shape index (κ1) is 43.0. The van der Waals surface area contributed by atoms with Crippen LogP contribution in [0.1, 0.15) is 131 Å². The lowest BCUT2D eigenvalue weighted by Crippen LogP contribution is -2.61. The summed E-state index contributed by atoms with van der Waals surface area (Å²) in [5.41, 5.74) is 21.3. The standard InChI is InChI=1S/C62H65BN2S/c1-58(2,3)39-24-30-50-49(33-39)63-48-29-23-40(59(4,5)6)34-51(48)65(43-27-28-46-47(37-43)62(12,13)32-31-61(46,10)11)53-36-41(60(7,8)9)35-52(57(53)63)64(50)42-25-21-38(22-26-42)44-18-16-20-55-56(44)45-17-14-15-19-54(45)66-55/h14-30,33-37H,31-32H2,1-13H3. The Hall–Kier alpha value is -5.58. The lowest BCUT2D eigenvalue weighted by Gasteiger charge is -2.46. The van der Waals surface area contributed by atoms with E-state index in [9.17, 15) is 0 Å². The van der Waals surface area contributed by atoms with Crippen LogP contribution in [0.15, 0.2) is 133 Å². The van der Waals surface area contributed by atoms with E-state index in [0.29, 0.717) is 0 Å². The number of hydrogen-bond donors (Lipinski definition) is 0. The molecule has 0 unspecified atom stereocenters. The highest BCUT2D eigenvalue weighted by atomic mass is 32.1. The molecule has 0 bridgehead atoms. The van der Waals surface area contributed by atoms with Crippen molar-refractivity contribution in [1.82, 2.24) is 0 Å². The summed E-state index contributed by atoms with van der Waals surface area (Å²) < 4.78 is 2.67. The van der Waals surface area contributed by atoms with E-state index >= 15 is 0 Å². The maximum Gasteiger partial charge on any atom is 0.252 e. The third-order valence-corrected chi connectivity index (χ3v) is 16.7. The largest absolute Gasteiger partial charge is 0.311 e. The van der Waals surface area contributed by atoms with Crippen LogP contribution in [-0.4, -0.2) is 6.71 Å². The van der Waals surface area contributed by atoms with E-state index in [1.807, 2.05) is 11.3 Å². The van der Waals surface area contributed by atoms with Gasteiger partial charge in [0.1, 0.15) is 0 Å². The molecular weight excluding hydrogens is 816 g/mol. The van der Waals surface area contributed by atoms with Gasteiger partial charge in [-0.1, -0.05) is 163 Å². The number of benzene rings is 7. The van der Waals surface area contributed by atoms with Crippen molar-refractivity contribution in [2.24, 2.45) is 0 Å². The van der Waals surface area contributed by atoms with Crippen LogP contribution in [0.4, 0.5) is 34.1 Å². The highest BCUT2D eigenvalue weighted by molar-refractivity contribution is 7.26. The molecule has 0 atom stereocenters. The van der Waals surface area contributed by atoms with Gasteiger partial charge in [-0.05, 0) is 156 Å². The minimum atomic E-state index is -0.101. The van der Waals surface area contributed by atoms with Crippen LogP contribution in [0, 0.1) is 0 Å². The van der Waals surface area contributed by atoms with Crippen molar-refractivity contribution in [1.29, 1.82) is 0 Å². The van der Waals surface area contributed by atoms with Crippen molar-refractivity contribution < 1.29 is 0 Å². The van der Waals surface area contributed by atoms with Crippen molar-refractivity contribution in [2.45, 2.75) is 130 Å². The van der Waals surface area contributed by atoms with Crippen molar-refractivity contribution in [3.05, 3.63) is 161 Å². The van der Waals surface area contributed by atoms with Crippen molar-refractivity contribution >= 4 is 88.7 Å². The van der Waals surface area contributed by atoms with Crippen LogP contribution in [0.2, 0.25) is 0 Å². The molecule has 7 aromatic carbocycles. The monoisotopic (exact) mass is 880 g/mol. The van der Waals surface area contributed by atoms with Gasteiger partial charge in [0.2, 0.25) is 0 Å². The number of nitrogens with zero attached hydrogens (tertiary/aromatic N) is 2. The molecule has 8 aromatic rings. The van der Waals surface area contributed by atoms with Gasteiger partial charge >= 0.3 is 0 Å². The summed E-state index contributed by atoms with van der Waals surface area (Å²) in [5, 5.41) is 2.68. The van der Waals surface area contributed by atoms with E-state index in [0.717, 1.165) is 0 Å². The molecule has 66 heavy (non-hydrogen) atoms. The van der Waals surface area contributed by atoms with E-state index < -0.39 is 0 Å². The van der Waals surface area contributed by atoms with E-state index in [-0.39, 0.29) is 33.8 Å². The molecule has 0 spiro atoms. The first-order valence-corrected chi connectivity index (χ1v) is 25.2. The molecule has 0 N–H and O–H groups in total. The average Bonchev–Trinajstić information content (AvgIpc) is 3.65. The quantitative estimate of drug-likeness (QED) is 0.163. The maximum atomic E-state index is 2.67. The Kier molecular flexibility index (Phi) is 9.43. The molecule has 2 aliphatic heterocycles. The number of fused-ring (bicyclic) bond motifs is 8. The van der Waals surface area contributed by atoms with Crippen molar-refractivity contribution in [2.75, 3.05) is 9.80 Å². The Labute approximate surface area is 398 Å². The van der Waals surface area contributed by atoms with Gasteiger partial charge in [0.05, 0.1) is 0 Å². The topological polar surface area (TPSA) is 6.48 Å². The van der Waals surface area contributed by atoms with Gasteiger partial charge < -0.3 is 9.80 Å². The van der Waals surface area contributed by atoms with Crippen molar-refractivity contribution in [3.8, 4) is 11.1 Å². The van der Waals surface area contributed by atoms with E-state index in [2.05, 4.69) is 233 Å². The molecule has 11 rings (SSSR count). The van der Waals surface area contributed by atoms with E-state index in [1.165, 1.54) is 122 Å². The predicted molar refractivity (Wildman–Crippen MR) is 290 cm³/mol. The fourth-order valence-electron chi connectivity index (χ4n) is 11.4. The van der Waals surface area contributed by atoms with Crippen LogP contribution < -0.4 is 26.2 Å². The molecule has 3 heterocycles. The fourth-order valence-corrected chi connectivity index (χ4v) is 12.6. The third-order valence-electron chi connectivity index (χ3n) is 15.6. The normalized spacial score (nSPS) is 16.3. The summed E-state index contributed by atoms with van der Waals surface area (Å²) in [5.74, 6) is 0. The zero-order valence-electron chi connectivity index (χ0n) is 41.5. The zero-order valence-corrected chi connectivity index (χ0v) is 42.3. The predicted octanol–water partition coefficient (Wildman–Crippen LogP) is 16.0. The third kappa shape index (κ3) is 6.71. The van der Waals surface area contributed by atoms with Gasteiger partial charge in [0, 0.05) is 54.3 Å². The molecule has 0 saturated carbocycles. The van der Waals surface area contributed by atoms with Gasteiger partial charge in [0.25, 0.3) is 6.71 Å². The van der Waals surface area contributed by atoms with Crippen LogP contribution in [0.25, 0.3) is 31.3 Å². The Morgan fingerprint density at radius 3 is 1.73 bits per heavy atom. The summed E-state index contributed by atoms with van der Waals surface area (Å²) in [7, 11) is 0. The van der Waals surface area contributed by atoms with Crippen LogP contribution in [0.5, 0.6) is 0 Å². The van der Waals surface area contributed by atoms with Crippen LogP contribution in [-0.2, 0) is 27.1 Å². The van der Waals surface area contributed by atoms with Crippen LogP contribution in [0.3, 0.4) is 0 Å². The minimum Gasteiger partial charge on any atom is -0.311 e. The smallest absolute Gasteiger partial charge is 0.252 e. The minimum absolute atomic E-state index is 0.0170. The van der Waals surface area contributed by atoms with Gasteiger partial charge in [-0.25, -0.2) is 0 Å². The first-order chi connectivity index (χ1) is 31.1. The zero-order chi connectivity index (χ0) is 46.5. The molecule has 0 saturated heterocycles. The van der Waals surface area contributed by atoms with Gasteiger partial charge in [-0.2, -0.15) is 0 Å². The molecule has 332 valence electrons. The van der Waals surface area contributed by atoms with Crippen LogP contribution >= 0.6 is 11.3 Å². The Morgan fingerprint density at radius 1 is 0.470 bits per heavy atom. The molecule has 0 radical (unpaired) electrons. The summed E-state index contributed by atoms with van der Waals surface area (Å²) >= 11 is 1.89. The molecule has 1 aliphatic carbocycles. The van der Waals surface area contributed by atoms with Gasteiger partial charge in [0.15, 0.2) is 0 Å².